The molecule has 0 unspecified atom stereocenters. The standard InChI is InChI=1S/C6H12BBrO2/c1-3-9-7(5-6-8)10-4-2/h5-6H,3-4H2,1-2H3/b6-5+. The van der Waals surface area contributed by atoms with Crippen molar-refractivity contribution in [1.29, 1.82) is 0 Å². The average Bonchev–Trinajstić information content (AvgIpc) is 1.90. The summed E-state index contributed by atoms with van der Waals surface area (Å²) in [6.45, 7) is 5.21. The molecule has 0 bridgehead atoms. The molecule has 0 amide bonds. The molecule has 0 heterocycles. The molecule has 0 N–H and O–H groups in total. The van der Waals surface area contributed by atoms with Crippen LogP contribution in [0.3, 0.4) is 0 Å². The van der Waals surface area contributed by atoms with E-state index in [1.807, 2.05) is 19.8 Å². The van der Waals surface area contributed by atoms with Gasteiger partial charge in [-0.15, -0.1) is 0 Å². The molecule has 0 aromatic rings. The van der Waals surface area contributed by atoms with Gasteiger partial charge in [0.2, 0.25) is 0 Å². The molecule has 2 nitrogen and oxygen atoms in total. The fraction of sp³-hybridized carbons (Fsp3) is 0.667. The van der Waals surface area contributed by atoms with Crippen molar-refractivity contribution in [2.24, 2.45) is 0 Å². The minimum absolute atomic E-state index is 0.200. The third-order valence-electron chi connectivity index (χ3n) is 0.892. The summed E-state index contributed by atoms with van der Waals surface area (Å²) in [5, 5.41) is 0. The Labute approximate surface area is 70.9 Å². The van der Waals surface area contributed by atoms with E-state index in [1.54, 1.807) is 4.99 Å². The van der Waals surface area contributed by atoms with Crippen LogP contribution in [0.25, 0.3) is 0 Å². The quantitative estimate of drug-likeness (QED) is 0.641. The third-order valence-corrected chi connectivity index (χ3v) is 1.20. The second-order valence-electron chi connectivity index (χ2n) is 1.60. The minimum Gasteiger partial charge on any atom is -0.408 e. The molecule has 0 spiro atoms. The van der Waals surface area contributed by atoms with Gasteiger partial charge in [-0.3, -0.25) is 0 Å². The number of hydrogen-bond acceptors (Lipinski definition) is 2. The van der Waals surface area contributed by atoms with Gasteiger partial charge in [-0.05, 0) is 24.8 Å². The van der Waals surface area contributed by atoms with Crippen molar-refractivity contribution in [3.05, 3.63) is 11.0 Å². The predicted octanol–water partition coefficient (Wildman–Crippen LogP) is 2.00. The Kier molecular flexibility index (Phi) is 7.46. The van der Waals surface area contributed by atoms with E-state index < -0.39 is 0 Å². The van der Waals surface area contributed by atoms with Crippen LogP contribution in [0.2, 0.25) is 0 Å². The zero-order valence-electron chi connectivity index (χ0n) is 6.34. The van der Waals surface area contributed by atoms with Crippen molar-refractivity contribution in [2.45, 2.75) is 13.8 Å². The summed E-state index contributed by atoms with van der Waals surface area (Å²) >= 11 is 3.15. The SMILES string of the molecule is CCOB(/C=C/Br)OCC. The lowest BCUT2D eigenvalue weighted by Gasteiger charge is -2.06. The van der Waals surface area contributed by atoms with Gasteiger partial charge < -0.3 is 9.31 Å². The van der Waals surface area contributed by atoms with Gasteiger partial charge in [0.05, 0.1) is 0 Å². The van der Waals surface area contributed by atoms with Crippen LogP contribution in [-0.2, 0) is 9.31 Å². The monoisotopic (exact) mass is 206 g/mol. The Morgan fingerprint density at radius 3 is 2.10 bits per heavy atom. The van der Waals surface area contributed by atoms with Crippen LogP contribution in [0.15, 0.2) is 11.0 Å². The molecular formula is C6H12BBrO2. The van der Waals surface area contributed by atoms with Crippen molar-refractivity contribution in [1.82, 2.24) is 0 Å². The summed E-state index contributed by atoms with van der Waals surface area (Å²) in [4.78, 5) is 1.74. The Morgan fingerprint density at radius 2 is 1.80 bits per heavy atom. The van der Waals surface area contributed by atoms with E-state index in [0.717, 1.165) is 0 Å². The second kappa shape index (κ2) is 7.31. The van der Waals surface area contributed by atoms with Crippen molar-refractivity contribution >= 4 is 23.0 Å². The second-order valence-corrected chi connectivity index (χ2v) is 2.13. The van der Waals surface area contributed by atoms with Crippen molar-refractivity contribution in [3.8, 4) is 0 Å². The van der Waals surface area contributed by atoms with E-state index in [2.05, 4.69) is 15.9 Å². The van der Waals surface area contributed by atoms with Gasteiger partial charge in [0, 0.05) is 13.2 Å². The molecule has 58 valence electrons. The molecule has 0 radical (unpaired) electrons. The summed E-state index contributed by atoms with van der Waals surface area (Å²) in [5.74, 6) is 1.81. The van der Waals surface area contributed by atoms with Gasteiger partial charge in [0.25, 0.3) is 0 Å². The van der Waals surface area contributed by atoms with Crippen LogP contribution in [-0.4, -0.2) is 20.3 Å². The number of hydrogen-bond donors (Lipinski definition) is 0. The van der Waals surface area contributed by atoms with Gasteiger partial charge in [0.1, 0.15) is 0 Å². The van der Waals surface area contributed by atoms with Gasteiger partial charge in [0.15, 0.2) is 0 Å². The Hall–Kier alpha value is 0.205. The highest BCUT2D eigenvalue weighted by Crippen LogP contribution is 1.94. The van der Waals surface area contributed by atoms with Gasteiger partial charge in [-0.25, -0.2) is 0 Å². The molecule has 0 saturated heterocycles. The summed E-state index contributed by atoms with van der Waals surface area (Å²) in [7, 11) is -0.200. The first kappa shape index (κ1) is 10.2. The first-order valence-corrected chi connectivity index (χ1v) is 4.26. The molecule has 0 aromatic heterocycles. The van der Waals surface area contributed by atoms with E-state index in [9.17, 15) is 0 Å². The average molecular weight is 207 g/mol. The van der Waals surface area contributed by atoms with Crippen LogP contribution < -0.4 is 0 Å². The van der Waals surface area contributed by atoms with E-state index in [-0.39, 0.29) is 7.12 Å². The maximum atomic E-state index is 5.18. The fourth-order valence-corrected chi connectivity index (χ4v) is 0.796. The highest BCUT2D eigenvalue weighted by atomic mass is 79.9. The predicted molar refractivity (Wildman–Crippen MR) is 47.1 cm³/mol. The zero-order chi connectivity index (χ0) is 7.82. The zero-order valence-corrected chi connectivity index (χ0v) is 7.93. The van der Waals surface area contributed by atoms with Crippen LogP contribution in [0.4, 0.5) is 0 Å². The van der Waals surface area contributed by atoms with Crippen LogP contribution in [0.5, 0.6) is 0 Å². The Morgan fingerprint density at radius 1 is 1.30 bits per heavy atom. The molecule has 0 aliphatic heterocycles. The van der Waals surface area contributed by atoms with E-state index in [1.165, 1.54) is 0 Å². The lowest BCUT2D eigenvalue weighted by Crippen LogP contribution is -2.20. The summed E-state index contributed by atoms with van der Waals surface area (Å²) in [6.07, 6.45) is 0. The highest BCUT2D eigenvalue weighted by Gasteiger charge is 2.10. The summed E-state index contributed by atoms with van der Waals surface area (Å²) in [6, 6.07) is 0. The molecule has 0 rings (SSSR count). The van der Waals surface area contributed by atoms with Crippen LogP contribution in [0, 0.1) is 0 Å². The van der Waals surface area contributed by atoms with E-state index >= 15 is 0 Å². The molecule has 0 aromatic carbocycles. The molecule has 0 aliphatic carbocycles. The van der Waals surface area contributed by atoms with Crippen LogP contribution in [0.1, 0.15) is 13.8 Å². The van der Waals surface area contributed by atoms with Gasteiger partial charge >= 0.3 is 7.12 Å². The van der Waals surface area contributed by atoms with E-state index in [4.69, 9.17) is 9.31 Å². The smallest absolute Gasteiger partial charge is 0.408 e. The van der Waals surface area contributed by atoms with Crippen molar-refractivity contribution < 1.29 is 9.31 Å². The molecule has 0 atom stereocenters. The Bertz CT molecular complexity index is 91.7. The molecule has 0 aliphatic rings. The lowest BCUT2D eigenvalue weighted by atomic mass is 9.91. The maximum absolute atomic E-state index is 5.18. The minimum atomic E-state index is -0.200. The Balaban J connectivity index is 3.50. The summed E-state index contributed by atoms with van der Waals surface area (Å²) < 4.78 is 10.4. The fourth-order valence-electron chi connectivity index (χ4n) is 0.547. The number of rotatable bonds is 5. The third kappa shape index (κ3) is 5.03. The van der Waals surface area contributed by atoms with Gasteiger partial charge in [-0.1, -0.05) is 15.9 Å². The highest BCUT2D eigenvalue weighted by molar-refractivity contribution is 9.11. The lowest BCUT2D eigenvalue weighted by molar-refractivity contribution is 0.224. The molecule has 4 heteroatoms. The van der Waals surface area contributed by atoms with Crippen molar-refractivity contribution in [2.75, 3.05) is 13.2 Å². The number of halogens is 1. The topological polar surface area (TPSA) is 18.5 Å². The first-order valence-electron chi connectivity index (χ1n) is 3.35. The summed E-state index contributed by atoms with van der Waals surface area (Å²) in [5.41, 5.74) is 0. The maximum Gasteiger partial charge on any atom is 0.486 e. The van der Waals surface area contributed by atoms with Crippen LogP contribution >= 0.6 is 15.9 Å². The van der Waals surface area contributed by atoms with Gasteiger partial charge in [-0.2, -0.15) is 0 Å². The van der Waals surface area contributed by atoms with E-state index in [0.29, 0.717) is 13.2 Å². The largest absolute Gasteiger partial charge is 0.486 e. The normalized spacial score (nSPS) is 10.7. The molecule has 0 fully saturated rings. The van der Waals surface area contributed by atoms with Crippen molar-refractivity contribution in [3.63, 3.8) is 0 Å². The molecular weight excluding hydrogens is 195 g/mol. The molecule has 0 saturated carbocycles. The first-order chi connectivity index (χ1) is 4.85. The molecule has 10 heavy (non-hydrogen) atoms.